The molecule has 2 aliphatic rings. The molecule has 1 heteroatoms. The van der Waals surface area contributed by atoms with Crippen LogP contribution in [0.25, 0.3) is 0 Å². The summed E-state index contributed by atoms with van der Waals surface area (Å²) in [7, 11) is 2.57. The van der Waals surface area contributed by atoms with Crippen LogP contribution in [-0.2, 0) is 0 Å². The molecule has 1 aliphatic carbocycles. The van der Waals surface area contributed by atoms with Crippen LogP contribution in [0.15, 0.2) is 0 Å². The van der Waals surface area contributed by atoms with Crippen molar-refractivity contribution in [3.63, 3.8) is 0 Å². The topological polar surface area (TPSA) is 0 Å². The van der Waals surface area contributed by atoms with Gasteiger partial charge in [-0.2, -0.15) is 0 Å². The molecule has 0 aromatic heterocycles. The fourth-order valence-corrected chi connectivity index (χ4v) is 3.82. The van der Waals surface area contributed by atoms with E-state index < -0.39 is 0 Å². The van der Waals surface area contributed by atoms with Crippen molar-refractivity contribution in [1.29, 1.82) is 0 Å². The molecular formula is C16H30B. The zero-order valence-electron chi connectivity index (χ0n) is 11.8. The van der Waals surface area contributed by atoms with Crippen LogP contribution in [0.4, 0.5) is 0 Å². The van der Waals surface area contributed by atoms with E-state index in [1.807, 2.05) is 0 Å². The van der Waals surface area contributed by atoms with E-state index in [2.05, 4.69) is 14.2 Å². The fourth-order valence-electron chi connectivity index (χ4n) is 3.82. The van der Waals surface area contributed by atoms with Gasteiger partial charge in [0.05, 0.1) is 0 Å². The van der Waals surface area contributed by atoms with Gasteiger partial charge in [-0.05, 0) is 24.2 Å². The number of rotatable bonds is 0. The highest BCUT2D eigenvalue weighted by Crippen LogP contribution is 2.37. The van der Waals surface area contributed by atoms with E-state index in [1.165, 1.54) is 70.4 Å². The molecule has 1 radical (unpaired) electrons. The monoisotopic (exact) mass is 233 g/mol. The normalized spacial score (nSPS) is 37.1. The third kappa shape index (κ3) is 5.06. The van der Waals surface area contributed by atoms with Gasteiger partial charge >= 0.3 is 0 Å². The van der Waals surface area contributed by atoms with Crippen molar-refractivity contribution in [3.8, 4) is 0 Å². The van der Waals surface area contributed by atoms with Crippen molar-refractivity contribution < 1.29 is 0 Å². The first-order valence-electron chi connectivity index (χ1n) is 8.16. The standard InChI is InChI=1S/C16H30B/c1-14-5-3-2-4-11-17-12-10-16-9-8-15(13-16)7-6-14/h14-16H,2-13H2,1H3/t14-,15?,16?/m0/s1. The van der Waals surface area contributed by atoms with Gasteiger partial charge in [0, 0.05) is 0 Å². The molecule has 2 rings (SSSR count). The van der Waals surface area contributed by atoms with Crippen LogP contribution < -0.4 is 0 Å². The van der Waals surface area contributed by atoms with Crippen molar-refractivity contribution >= 4 is 7.28 Å². The summed E-state index contributed by atoms with van der Waals surface area (Å²) in [5.74, 6) is 3.15. The molecule has 2 bridgehead atoms. The summed E-state index contributed by atoms with van der Waals surface area (Å²) in [6.07, 6.45) is 17.8. The molecule has 0 amide bonds. The Kier molecular flexibility index (Phi) is 5.94. The van der Waals surface area contributed by atoms with E-state index in [0.29, 0.717) is 0 Å². The predicted octanol–water partition coefficient (Wildman–Crippen LogP) is 5.32. The largest absolute Gasteiger partial charge is 0.109 e. The van der Waals surface area contributed by atoms with Crippen LogP contribution >= 0.6 is 0 Å². The maximum Gasteiger partial charge on any atom is 0.109 e. The second kappa shape index (κ2) is 7.49. The van der Waals surface area contributed by atoms with Crippen LogP contribution in [0, 0.1) is 17.8 Å². The second-order valence-corrected chi connectivity index (χ2v) is 6.73. The Morgan fingerprint density at radius 1 is 0.706 bits per heavy atom. The van der Waals surface area contributed by atoms with Gasteiger partial charge in [0.1, 0.15) is 7.28 Å². The van der Waals surface area contributed by atoms with Crippen molar-refractivity contribution in [1.82, 2.24) is 0 Å². The van der Waals surface area contributed by atoms with Crippen LogP contribution in [0.1, 0.15) is 71.1 Å². The first-order valence-corrected chi connectivity index (χ1v) is 8.16. The summed E-state index contributed by atoms with van der Waals surface area (Å²) in [6.45, 7) is 2.48. The minimum absolute atomic E-state index is 0.987. The molecule has 0 aromatic rings. The average molecular weight is 233 g/mol. The van der Waals surface area contributed by atoms with Gasteiger partial charge in [0.25, 0.3) is 0 Å². The molecule has 2 unspecified atom stereocenters. The summed E-state index contributed by atoms with van der Waals surface area (Å²) < 4.78 is 0. The first kappa shape index (κ1) is 13.5. The maximum atomic E-state index is 2.57. The van der Waals surface area contributed by atoms with Gasteiger partial charge in [0.2, 0.25) is 0 Å². The van der Waals surface area contributed by atoms with Gasteiger partial charge < -0.3 is 0 Å². The zero-order valence-corrected chi connectivity index (χ0v) is 11.8. The molecular weight excluding hydrogens is 203 g/mol. The van der Waals surface area contributed by atoms with Gasteiger partial charge in [-0.25, -0.2) is 0 Å². The van der Waals surface area contributed by atoms with Crippen LogP contribution in [0.5, 0.6) is 0 Å². The lowest BCUT2D eigenvalue weighted by Crippen LogP contribution is -2.03. The molecule has 0 spiro atoms. The predicted molar refractivity (Wildman–Crippen MR) is 77.7 cm³/mol. The van der Waals surface area contributed by atoms with E-state index in [0.717, 1.165) is 17.8 Å². The molecule has 17 heavy (non-hydrogen) atoms. The molecule has 1 aliphatic heterocycles. The maximum absolute atomic E-state index is 2.57. The molecule has 97 valence electrons. The molecule has 0 aromatic carbocycles. The minimum Gasteiger partial charge on any atom is -0.0803 e. The third-order valence-corrected chi connectivity index (χ3v) is 5.10. The van der Waals surface area contributed by atoms with Crippen LogP contribution in [0.2, 0.25) is 12.6 Å². The minimum atomic E-state index is 0.987. The fraction of sp³-hybridized carbons (Fsp3) is 1.00. The summed E-state index contributed by atoms with van der Waals surface area (Å²) in [6, 6.07) is 0. The van der Waals surface area contributed by atoms with E-state index in [4.69, 9.17) is 0 Å². The molecule has 1 heterocycles. The van der Waals surface area contributed by atoms with E-state index in [-0.39, 0.29) is 0 Å². The van der Waals surface area contributed by atoms with Gasteiger partial charge in [-0.3, -0.25) is 0 Å². The van der Waals surface area contributed by atoms with Gasteiger partial charge in [0.15, 0.2) is 0 Å². The summed E-state index contributed by atoms with van der Waals surface area (Å²) in [4.78, 5) is 0. The van der Waals surface area contributed by atoms with Crippen LogP contribution in [0.3, 0.4) is 0 Å². The van der Waals surface area contributed by atoms with Crippen molar-refractivity contribution in [2.75, 3.05) is 0 Å². The Labute approximate surface area is 109 Å². The highest BCUT2D eigenvalue weighted by atomic mass is 14.3. The number of fused-ring (bicyclic) bond motifs is 2. The van der Waals surface area contributed by atoms with E-state index in [1.54, 1.807) is 6.42 Å². The van der Waals surface area contributed by atoms with Crippen LogP contribution in [-0.4, -0.2) is 7.28 Å². The summed E-state index contributed by atoms with van der Waals surface area (Å²) in [5.41, 5.74) is 0. The quantitative estimate of drug-likeness (QED) is 0.496. The Balaban J connectivity index is 1.75. The molecule has 3 atom stereocenters. The van der Waals surface area contributed by atoms with Gasteiger partial charge in [-0.15, -0.1) is 0 Å². The first-order chi connectivity index (χ1) is 8.34. The Bertz CT molecular complexity index is 202. The summed E-state index contributed by atoms with van der Waals surface area (Å²) >= 11 is 0. The Morgan fingerprint density at radius 3 is 2.35 bits per heavy atom. The molecule has 0 nitrogen and oxygen atoms in total. The molecule has 1 saturated heterocycles. The lowest BCUT2D eigenvalue weighted by Gasteiger charge is -2.16. The van der Waals surface area contributed by atoms with E-state index in [9.17, 15) is 0 Å². The molecule has 1 saturated carbocycles. The summed E-state index contributed by atoms with van der Waals surface area (Å²) in [5, 5.41) is 0. The second-order valence-electron chi connectivity index (χ2n) is 6.73. The zero-order chi connectivity index (χ0) is 11.9. The number of hydrogen-bond donors (Lipinski definition) is 0. The van der Waals surface area contributed by atoms with Crippen molar-refractivity contribution in [2.24, 2.45) is 17.8 Å². The lowest BCUT2D eigenvalue weighted by atomic mass is 9.67. The highest BCUT2D eigenvalue weighted by molar-refractivity contribution is 6.35. The average Bonchev–Trinajstić information content (AvgIpc) is 2.77. The van der Waals surface area contributed by atoms with Gasteiger partial charge in [-0.1, -0.05) is 77.4 Å². The Hall–Kier alpha value is 0.0649. The SMILES string of the molecule is C[C@H]1CCCCC[B]CCC2CCC(CC1)C2. The molecule has 0 N–H and O–H groups in total. The third-order valence-electron chi connectivity index (χ3n) is 5.10. The van der Waals surface area contributed by atoms with Crippen molar-refractivity contribution in [3.05, 3.63) is 0 Å². The van der Waals surface area contributed by atoms with Crippen molar-refractivity contribution in [2.45, 2.75) is 83.8 Å². The van der Waals surface area contributed by atoms with E-state index >= 15 is 0 Å². The lowest BCUT2D eigenvalue weighted by molar-refractivity contribution is 0.378. The molecule has 2 fully saturated rings. The Morgan fingerprint density at radius 2 is 1.47 bits per heavy atom. The number of hydrogen-bond acceptors (Lipinski definition) is 0. The smallest absolute Gasteiger partial charge is 0.0803 e. The highest BCUT2D eigenvalue weighted by Gasteiger charge is 2.24.